The van der Waals surface area contributed by atoms with Crippen LogP contribution in [0.15, 0.2) is 0 Å². The van der Waals surface area contributed by atoms with Crippen molar-refractivity contribution in [1.82, 2.24) is 5.32 Å². The van der Waals surface area contributed by atoms with Crippen LogP contribution in [0.4, 0.5) is 0 Å². The van der Waals surface area contributed by atoms with Gasteiger partial charge in [0.05, 0.1) is 0 Å². The fourth-order valence-corrected chi connectivity index (χ4v) is 0.432. The van der Waals surface area contributed by atoms with E-state index >= 15 is 0 Å². The summed E-state index contributed by atoms with van der Waals surface area (Å²) in [7, 11) is 0. The number of hydrogen-bond acceptors (Lipinski definition) is 3. The van der Waals surface area contributed by atoms with Gasteiger partial charge in [-0.05, 0) is 5.92 Å². The zero-order valence-corrected chi connectivity index (χ0v) is 5.96. The lowest BCUT2D eigenvalue weighted by molar-refractivity contribution is -0.130. The molecule has 0 radical (unpaired) electrons. The smallest absolute Gasteiger partial charge is 0.262 e. The molecule has 0 fully saturated rings. The maximum absolute atomic E-state index is 10.6. The molecule has 0 heterocycles. The molecule has 0 saturated carbocycles. The van der Waals surface area contributed by atoms with Crippen LogP contribution < -0.4 is 5.32 Å². The van der Waals surface area contributed by atoms with E-state index in [1.165, 1.54) is 6.19 Å². The van der Waals surface area contributed by atoms with Gasteiger partial charge in [-0.15, -0.1) is 0 Å². The molecule has 0 rings (SSSR count). The van der Waals surface area contributed by atoms with Crippen molar-refractivity contribution in [2.75, 3.05) is 0 Å². The van der Waals surface area contributed by atoms with Gasteiger partial charge in [-0.25, -0.2) is 0 Å². The van der Waals surface area contributed by atoms with Crippen molar-refractivity contribution in [3.63, 3.8) is 0 Å². The predicted octanol–water partition coefficient (Wildman–Crippen LogP) is -0.399. The Hall–Kier alpha value is -1.08. The van der Waals surface area contributed by atoms with E-state index in [0.717, 1.165) is 0 Å². The van der Waals surface area contributed by atoms with E-state index in [4.69, 9.17) is 10.4 Å². The number of aliphatic hydroxyl groups is 1. The average Bonchev–Trinajstić information content (AvgIpc) is 1.87. The molecule has 0 bridgehead atoms. The van der Waals surface area contributed by atoms with Crippen LogP contribution in [0.5, 0.6) is 0 Å². The molecule has 0 aromatic rings. The Balaban J connectivity index is 3.85. The van der Waals surface area contributed by atoms with E-state index in [9.17, 15) is 4.79 Å². The molecule has 56 valence electrons. The monoisotopic (exact) mass is 142 g/mol. The normalized spacial score (nSPS) is 12.3. The SMILES string of the molecule is CC(C)C(O)C(=O)NC#N. The van der Waals surface area contributed by atoms with Crippen molar-refractivity contribution in [2.24, 2.45) is 5.92 Å². The number of nitriles is 1. The summed E-state index contributed by atoms with van der Waals surface area (Å²) >= 11 is 0. The maximum Gasteiger partial charge on any atom is 0.262 e. The van der Waals surface area contributed by atoms with Gasteiger partial charge in [0.1, 0.15) is 6.10 Å². The second-order valence-electron chi connectivity index (χ2n) is 2.29. The first-order valence-electron chi connectivity index (χ1n) is 2.96. The lowest BCUT2D eigenvalue weighted by Gasteiger charge is -2.10. The molecule has 0 aliphatic carbocycles. The van der Waals surface area contributed by atoms with Crippen LogP contribution in [0, 0.1) is 17.4 Å². The summed E-state index contributed by atoms with van der Waals surface area (Å²) in [6.45, 7) is 3.39. The lowest BCUT2D eigenvalue weighted by Crippen LogP contribution is -2.34. The summed E-state index contributed by atoms with van der Waals surface area (Å²) in [5.41, 5.74) is 0. The Morgan fingerprint density at radius 3 is 2.50 bits per heavy atom. The summed E-state index contributed by atoms with van der Waals surface area (Å²) in [6, 6.07) is 0. The highest BCUT2D eigenvalue weighted by Crippen LogP contribution is 1.99. The molecule has 0 saturated heterocycles. The maximum atomic E-state index is 10.6. The predicted molar refractivity (Wildman–Crippen MR) is 34.6 cm³/mol. The Kier molecular flexibility index (Phi) is 3.44. The highest BCUT2D eigenvalue weighted by Gasteiger charge is 2.17. The molecule has 1 atom stereocenters. The van der Waals surface area contributed by atoms with Crippen molar-refractivity contribution < 1.29 is 9.90 Å². The van der Waals surface area contributed by atoms with E-state index in [-0.39, 0.29) is 5.92 Å². The third-order valence-corrected chi connectivity index (χ3v) is 1.08. The minimum atomic E-state index is -1.08. The molecule has 4 heteroatoms. The Morgan fingerprint density at radius 2 is 2.20 bits per heavy atom. The molecule has 2 N–H and O–H groups in total. The second kappa shape index (κ2) is 3.85. The number of nitrogens with one attached hydrogen (secondary N) is 1. The van der Waals surface area contributed by atoms with Crippen molar-refractivity contribution in [3.05, 3.63) is 0 Å². The topological polar surface area (TPSA) is 73.1 Å². The van der Waals surface area contributed by atoms with Gasteiger partial charge < -0.3 is 5.11 Å². The van der Waals surface area contributed by atoms with Crippen molar-refractivity contribution in [2.45, 2.75) is 20.0 Å². The lowest BCUT2D eigenvalue weighted by atomic mass is 10.1. The van der Waals surface area contributed by atoms with Gasteiger partial charge in [-0.1, -0.05) is 13.8 Å². The van der Waals surface area contributed by atoms with Crippen molar-refractivity contribution in [1.29, 1.82) is 5.26 Å². The van der Waals surface area contributed by atoms with Crippen LogP contribution in [0.1, 0.15) is 13.8 Å². The van der Waals surface area contributed by atoms with Gasteiger partial charge >= 0.3 is 0 Å². The third-order valence-electron chi connectivity index (χ3n) is 1.08. The molecule has 0 aliphatic rings. The van der Waals surface area contributed by atoms with Gasteiger partial charge in [-0.2, -0.15) is 5.26 Å². The van der Waals surface area contributed by atoms with Gasteiger partial charge in [-0.3, -0.25) is 10.1 Å². The first kappa shape index (κ1) is 8.92. The van der Waals surface area contributed by atoms with Crippen LogP contribution in [0.3, 0.4) is 0 Å². The van der Waals surface area contributed by atoms with Crippen LogP contribution in [0.25, 0.3) is 0 Å². The molecule has 0 aromatic heterocycles. The van der Waals surface area contributed by atoms with Crippen molar-refractivity contribution in [3.8, 4) is 6.19 Å². The fraction of sp³-hybridized carbons (Fsp3) is 0.667. The first-order valence-corrected chi connectivity index (χ1v) is 2.96. The van der Waals surface area contributed by atoms with Crippen LogP contribution in [0.2, 0.25) is 0 Å². The number of rotatable bonds is 2. The van der Waals surface area contributed by atoms with E-state index in [2.05, 4.69) is 0 Å². The molecular weight excluding hydrogens is 132 g/mol. The standard InChI is InChI=1S/C6H10N2O2/c1-4(2)5(9)6(10)8-3-7/h4-5,9H,1-2H3,(H,8,10). The van der Waals surface area contributed by atoms with E-state index in [0.29, 0.717) is 0 Å². The number of nitrogens with zero attached hydrogens (tertiary/aromatic N) is 1. The van der Waals surface area contributed by atoms with Gasteiger partial charge in [0.2, 0.25) is 0 Å². The summed E-state index contributed by atoms with van der Waals surface area (Å²) < 4.78 is 0. The zero-order chi connectivity index (χ0) is 8.15. The molecule has 4 nitrogen and oxygen atoms in total. The highest BCUT2D eigenvalue weighted by atomic mass is 16.3. The number of hydrogen-bond donors (Lipinski definition) is 2. The number of amides is 1. The van der Waals surface area contributed by atoms with Crippen LogP contribution >= 0.6 is 0 Å². The Morgan fingerprint density at radius 1 is 1.70 bits per heavy atom. The molecule has 0 aromatic carbocycles. The molecule has 1 unspecified atom stereocenters. The summed E-state index contributed by atoms with van der Waals surface area (Å²) in [4.78, 5) is 10.6. The third kappa shape index (κ3) is 2.46. The van der Waals surface area contributed by atoms with Crippen LogP contribution in [-0.2, 0) is 4.79 Å². The first-order chi connectivity index (χ1) is 4.59. The van der Waals surface area contributed by atoms with Gasteiger partial charge in [0, 0.05) is 0 Å². The molecule has 10 heavy (non-hydrogen) atoms. The Labute approximate surface area is 59.5 Å². The van der Waals surface area contributed by atoms with E-state index in [1.807, 2.05) is 5.32 Å². The minimum absolute atomic E-state index is 0.159. The van der Waals surface area contributed by atoms with E-state index < -0.39 is 12.0 Å². The molecule has 0 aliphatic heterocycles. The van der Waals surface area contributed by atoms with Crippen LogP contribution in [-0.4, -0.2) is 17.1 Å². The summed E-state index contributed by atoms with van der Waals surface area (Å²) in [5.74, 6) is -0.800. The van der Waals surface area contributed by atoms with E-state index in [1.54, 1.807) is 13.8 Å². The number of carbonyl (C=O) groups excluding carboxylic acids is 1. The average molecular weight is 142 g/mol. The summed E-state index contributed by atoms with van der Waals surface area (Å²) in [6.07, 6.45) is 0.360. The van der Waals surface area contributed by atoms with Gasteiger partial charge in [0.15, 0.2) is 6.19 Å². The Bertz CT molecular complexity index is 160. The minimum Gasteiger partial charge on any atom is -0.383 e. The molecule has 1 amide bonds. The quantitative estimate of drug-likeness (QED) is 0.407. The summed E-state index contributed by atoms with van der Waals surface area (Å²) in [5, 5.41) is 18.8. The molecule has 0 spiro atoms. The molecular formula is C6H10N2O2. The van der Waals surface area contributed by atoms with Crippen molar-refractivity contribution >= 4 is 5.91 Å². The number of carbonyl (C=O) groups is 1. The number of aliphatic hydroxyl groups excluding tert-OH is 1. The van der Waals surface area contributed by atoms with Gasteiger partial charge in [0.25, 0.3) is 5.91 Å². The zero-order valence-electron chi connectivity index (χ0n) is 5.96. The fourth-order valence-electron chi connectivity index (χ4n) is 0.432. The second-order valence-corrected chi connectivity index (χ2v) is 2.29. The highest BCUT2D eigenvalue weighted by molar-refractivity contribution is 5.81. The largest absolute Gasteiger partial charge is 0.383 e.